The molecule has 0 atom stereocenters. The third-order valence-corrected chi connectivity index (χ3v) is 4.18. The smallest absolute Gasteiger partial charge is 0.407 e. The highest BCUT2D eigenvalue weighted by Gasteiger charge is 2.15. The molecule has 0 saturated heterocycles. The fraction of sp³-hybridized carbons (Fsp3) is 0.952. The molecule has 0 bridgehead atoms. The Hall–Kier alpha value is -0.770. The van der Waals surface area contributed by atoms with Gasteiger partial charge in [-0.1, -0.05) is 77.6 Å². The topological polar surface area (TPSA) is 50.4 Å². The SMILES string of the molecule is CCCCCCCCCCCCCCNCCNC(=O)OC(C)(C)C. The zero-order valence-corrected chi connectivity index (χ0v) is 17.4. The number of alkyl carbamates (subject to hydrolysis) is 1. The Balaban J connectivity index is 3.13. The first-order valence-electron chi connectivity index (χ1n) is 10.6. The Labute approximate surface area is 156 Å². The van der Waals surface area contributed by atoms with E-state index in [1.807, 2.05) is 20.8 Å². The number of nitrogens with one attached hydrogen (secondary N) is 2. The van der Waals surface area contributed by atoms with Crippen molar-refractivity contribution in [1.29, 1.82) is 0 Å². The zero-order valence-electron chi connectivity index (χ0n) is 17.4. The molecule has 0 aromatic heterocycles. The number of amides is 1. The minimum atomic E-state index is -0.424. The largest absolute Gasteiger partial charge is 0.444 e. The van der Waals surface area contributed by atoms with Crippen LogP contribution in [0.4, 0.5) is 4.79 Å². The predicted molar refractivity (Wildman–Crippen MR) is 108 cm³/mol. The summed E-state index contributed by atoms with van der Waals surface area (Å²) in [5.41, 5.74) is -0.424. The van der Waals surface area contributed by atoms with Gasteiger partial charge in [-0.25, -0.2) is 4.79 Å². The van der Waals surface area contributed by atoms with Crippen molar-refractivity contribution in [1.82, 2.24) is 10.6 Å². The van der Waals surface area contributed by atoms with Gasteiger partial charge in [-0.15, -0.1) is 0 Å². The molecular formula is C21H44N2O2. The highest BCUT2D eigenvalue weighted by atomic mass is 16.6. The van der Waals surface area contributed by atoms with Crippen LogP contribution in [0.1, 0.15) is 105 Å². The number of rotatable bonds is 16. The molecule has 150 valence electrons. The van der Waals surface area contributed by atoms with E-state index in [0.717, 1.165) is 13.1 Å². The molecule has 0 unspecified atom stereocenters. The van der Waals surface area contributed by atoms with E-state index in [2.05, 4.69) is 17.6 Å². The molecule has 25 heavy (non-hydrogen) atoms. The summed E-state index contributed by atoms with van der Waals surface area (Å²) < 4.78 is 5.18. The van der Waals surface area contributed by atoms with E-state index < -0.39 is 5.60 Å². The highest BCUT2D eigenvalue weighted by molar-refractivity contribution is 5.67. The van der Waals surface area contributed by atoms with Crippen LogP contribution in [0.5, 0.6) is 0 Å². The van der Waals surface area contributed by atoms with Gasteiger partial charge >= 0.3 is 6.09 Å². The Bertz CT molecular complexity index is 301. The zero-order chi connectivity index (χ0) is 18.8. The Morgan fingerprint density at radius 3 is 1.68 bits per heavy atom. The molecule has 4 heteroatoms. The third-order valence-electron chi connectivity index (χ3n) is 4.18. The summed E-state index contributed by atoms with van der Waals surface area (Å²) in [6, 6.07) is 0. The van der Waals surface area contributed by atoms with E-state index in [1.54, 1.807) is 0 Å². The van der Waals surface area contributed by atoms with Crippen molar-refractivity contribution in [3.8, 4) is 0 Å². The van der Waals surface area contributed by atoms with Gasteiger partial charge in [-0.3, -0.25) is 0 Å². The molecule has 0 aliphatic rings. The van der Waals surface area contributed by atoms with Crippen molar-refractivity contribution in [2.75, 3.05) is 19.6 Å². The maximum Gasteiger partial charge on any atom is 0.407 e. The fourth-order valence-corrected chi connectivity index (χ4v) is 2.78. The second-order valence-corrected chi connectivity index (χ2v) is 8.07. The number of carbonyl (C=O) groups is 1. The average molecular weight is 357 g/mol. The lowest BCUT2D eigenvalue weighted by Crippen LogP contribution is -2.36. The maximum atomic E-state index is 11.4. The molecule has 0 rings (SSSR count). The highest BCUT2D eigenvalue weighted by Crippen LogP contribution is 2.11. The third kappa shape index (κ3) is 21.2. The van der Waals surface area contributed by atoms with Gasteiger partial charge in [0.05, 0.1) is 0 Å². The summed E-state index contributed by atoms with van der Waals surface area (Å²) >= 11 is 0. The van der Waals surface area contributed by atoms with Crippen LogP contribution in [-0.2, 0) is 4.74 Å². The minimum absolute atomic E-state index is 0.334. The molecule has 0 aliphatic heterocycles. The summed E-state index contributed by atoms with van der Waals surface area (Å²) in [4.78, 5) is 11.4. The van der Waals surface area contributed by atoms with E-state index in [9.17, 15) is 4.79 Å². The molecule has 0 radical (unpaired) electrons. The molecule has 0 heterocycles. The maximum absolute atomic E-state index is 11.4. The Morgan fingerprint density at radius 2 is 1.20 bits per heavy atom. The van der Waals surface area contributed by atoms with Crippen LogP contribution in [0, 0.1) is 0 Å². The molecule has 0 aliphatic carbocycles. The average Bonchev–Trinajstić information content (AvgIpc) is 2.53. The first-order valence-corrected chi connectivity index (χ1v) is 10.6. The van der Waals surface area contributed by atoms with Crippen molar-refractivity contribution >= 4 is 6.09 Å². The molecule has 0 saturated carbocycles. The van der Waals surface area contributed by atoms with Gasteiger partial charge in [-0.2, -0.15) is 0 Å². The van der Waals surface area contributed by atoms with Crippen LogP contribution in [0.25, 0.3) is 0 Å². The lowest BCUT2D eigenvalue weighted by Gasteiger charge is -2.19. The van der Waals surface area contributed by atoms with E-state index in [1.165, 1.54) is 77.0 Å². The normalized spacial score (nSPS) is 11.5. The summed E-state index contributed by atoms with van der Waals surface area (Å²) in [6.45, 7) is 10.4. The molecule has 0 aromatic carbocycles. The van der Waals surface area contributed by atoms with Crippen molar-refractivity contribution in [2.45, 2.75) is 110 Å². The fourth-order valence-electron chi connectivity index (χ4n) is 2.78. The van der Waals surface area contributed by atoms with Crippen LogP contribution in [0.15, 0.2) is 0 Å². The second-order valence-electron chi connectivity index (χ2n) is 8.07. The van der Waals surface area contributed by atoms with Crippen LogP contribution in [-0.4, -0.2) is 31.3 Å². The van der Waals surface area contributed by atoms with Crippen LogP contribution < -0.4 is 10.6 Å². The summed E-state index contributed by atoms with van der Waals surface area (Å²) in [5, 5.41) is 6.13. The first kappa shape index (κ1) is 24.2. The predicted octanol–water partition coefficient (Wildman–Crippen LogP) is 5.80. The quantitative estimate of drug-likeness (QED) is 0.343. The van der Waals surface area contributed by atoms with Crippen LogP contribution in [0.3, 0.4) is 0 Å². The Kier molecular flexibility index (Phi) is 16.2. The molecule has 4 nitrogen and oxygen atoms in total. The summed E-state index contributed by atoms with van der Waals surface area (Å²) in [7, 11) is 0. The summed E-state index contributed by atoms with van der Waals surface area (Å²) in [5.74, 6) is 0. The standard InChI is InChI=1S/C21H44N2O2/c1-5-6-7-8-9-10-11-12-13-14-15-16-17-22-18-19-23-20(24)25-21(2,3)4/h22H,5-19H2,1-4H3,(H,23,24). The van der Waals surface area contributed by atoms with E-state index in [4.69, 9.17) is 4.74 Å². The summed E-state index contributed by atoms with van der Waals surface area (Å²) in [6.07, 6.45) is 16.2. The van der Waals surface area contributed by atoms with E-state index >= 15 is 0 Å². The van der Waals surface area contributed by atoms with Crippen LogP contribution in [0.2, 0.25) is 0 Å². The van der Waals surface area contributed by atoms with E-state index in [-0.39, 0.29) is 6.09 Å². The number of unbranched alkanes of at least 4 members (excludes halogenated alkanes) is 11. The van der Waals surface area contributed by atoms with Crippen molar-refractivity contribution in [3.05, 3.63) is 0 Å². The first-order chi connectivity index (χ1) is 12.0. The Morgan fingerprint density at radius 1 is 0.720 bits per heavy atom. The van der Waals surface area contributed by atoms with Gasteiger partial charge < -0.3 is 15.4 Å². The number of carbonyl (C=O) groups excluding carboxylic acids is 1. The molecule has 0 fully saturated rings. The number of hydrogen-bond donors (Lipinski definition) is 2. The van der Waals surface area contributed by atoms with Crippen LogP contribution >= 0.6 is 0 Å². The molecule has 0 spiro atoms. The lowest BCUT2D eigenvalue weighted by molar-refractivity contribution is 0.0528. The van der Waals surface area contributed by atoms with Crippen molar-refractivity contribution < 1.29 is 9.53 Å². The van der Waals surface area contributed by atoms with Gasteiger partial charge in [-0.05, 0) is 33.7 Å². The molecular weight excluding hydrogens is 312 g/mol. The number of ether oxygens (including phenoxy) is 1. The lowest BCUT2D eigenvalue weighted by atomic mass is 10.1. The van der Waals surface area contributed by atoms with Crippen molar-refractivity contribution in [3.63, 3.8) is 0 Å². The van der Waals surface area contributed by atoms with Gasteiger partial charge in [0.1, 0.15) is 5.60 Å². The minimum Gasteiger partial charge on any atom is -0.444 e. The monoisotopic (exact) mass is 356 g/mol. The van der Waals surface area contributed by atoms with Gasteiger partial charge in [0.25, 0.3) is 0 Å². The van der Waals surface area contributed by atoms with E-state index in [0.29, 0.717) is 6.54 Å². The molecule has 0 aromatic rings. The van der Waals surface area contributed by atoms with Gasteiger partial charge in [0.2, 0.25) is 0 Å². The van der Waals surface area contributed by atoms with Crippen molar-refractivity contribution in [2.24, 2.45) is 0 Å². The molecule has 1 amide bonds. The number of hydrogen-bond acceptors (Lipinski definition) is 3. The van der Waals surface area contributed by atoms with Gasteiger partial charge in [0.15, 0.2) is 0 Å². The second kappa shape index (κ2) is 16.7. The van der Waals surface area contributed by atoms with Gasteiger partial charge in [0, 0.05) is 13.1 Å². The molecule has 2 N–H and O–H groups in total.